The predicted molar refractivity (Wildman–Crippen MR) is 110 cm³/mol. The Labute approximate surface area is 169 Å². The molecule has 148 valence electrons. The topological polar surface area (TPSA) is 87.7 Å². The fraction of sp³-hybridized carbons (Fsp3) is 0.130. The second-order valence-corrected chi connectivity index (χ2v) is 6.55. The summed E-state index contributed by atoms with van der Waals surface area (Å²) in [7, 11) is 0. The van der Waals surface area contributed by atoms with E-state index >= 15 is 0 Å². The number of rotatable bonds is 7. The van der Waals surface area contributed by atoms with Gasteiger partial charge >= 0.3 is 0 Å². The van der Waals surface area contributed by atoms with E-state index in [1.54, 1.807) is 41.9 Å². The molecule has 0 spiro atoms. The van der Waals surface area contributed by atoms with Crippen molar-refractivity contribution in [2.24, 2.45) is 0 Å². The molecule has 0 fully saturated rings. The molecule has 0 radical (unpaired) electrons. The Morgan fingerprint density at radius 1 is 0.828 bits per heavy atom. The van der Waals surface area contributed by atoms with Crippen LogP contribution in [-0.4, -0.2) is 29.7 Å². The first-order valence-electron chi connectivity index (χ1n) is 9.21. The minimum atomic E-state index is -0.588. The second-order valence-electron chi connectivity index (χ2n) is 6.55. The maximum absolute atomic E-state index is 12.4. The minimum absolute atomic E-state index is 0.171. The van der Waals surface area contributed by atoms with Gasteiger partial charge in [-0.05, 0) is 54.4 Å². The Hall–Kier alpha value is -3.64. The molecule has 3 aromatic rings. The van der Waals surface area contributed by atoms with Crippen molar-refractivity contribution in [2.75, 3.05) is 6.54 Å². The molecular weight excluding hydrogens is 368 g/mol. The molecule has 0 bridgehead atoms. The van der Waals surface area contributed by atoms with E-state index in [0.717, 1.165) is 11.1 Å². The quantitative estimate of drug-likeness (QED) is 0.424. The van der Waals surface area contributed by atoms with Gasteiger partial charge in [0.05, 0.1) is 6.54 Å². The molecule has 6 heteroatoms. The van der Waals surface area contributed by atoms with Crippen LogP contribution in [0.15, 0.2) is 78.9 Å². The summed E-state index contributed by atoms with van der Waals surface area (Å²) in [6.07, 6.45) is -0.264. The van der Waals surface area contributed by atoms with Crippen LogP contribution in [0.1, 0.15) is 27.6 Å². The third kappa shape index (κ3) is 5.43. The second kappa shape index (κ2) is 9.52. The highest BCUT2D eigenvalue weighted by molar-refractivity contribution is 5.94. The highest BCUT2D eigenvalue weighted by Crippen LogP contribution is 2.19. The molecule has 6 nitrogen and oxygen atoms in total. The third-order valence-corrected chi connectivity index (χ3v) is 4.36. The van der Waals surface area contributed by atoms with Crippen molar-refractivity contribution < 1.29 is 19.5 Å². The van der Waals surface area contributed by atoms with E-state index in [2.05, 4.69) is 5.32 Å². The number of ether oxygens (including phenoxy) is 1. The van der Waals surface area contributed by atoms with Crippen LogP contribution >= 0.6 is 0 Å². The molecule has 3 N–H and O–H groups in total. The van der Waals surface area contributed by atoms with Gasteiger partial charge in [0, 0.05) is 11.1 Å². The number of benzene rings is 3. The molecule has 0 aromatic heterocycles. The highest BCUT2D eigenvalue weighted by Gasteiger charge is 2.10. The van der Waals surface area contributed by atoms with E-state index in [1.807, 2.05) is 49.4 Å². The van der Waals surface area contributed by atoms with Crippen LogP contribution in [0.2, 0.25) is 0 Å². The molecule has 1 unspecified atom stereocenters. The number of amides is 2. The Morgan fingerprint density at radius 3 is 2.00 bits per heavy atom. The van der Waals surface area contributed by atoms with Gasteiger partial charge in [0.25, 0.3) is 11.8 Å². The van der Waals surface area contributed by atoms with E-state index in [9.17, 15) is 9.59 Å². The van der Waals surface area contributed by atoms with Gasteiger partial charge in [-0.2, -0.15) is 0 Å². The van der Waals surface area contributed by atoms with Crippen LogP contribution in [0, 0.1) is 0 Å². The standard InChI is InChI=1S/C23H22N2O4/c1-16(29-21-13-11-20(12-14-21)23(27)25-28)15-24-22(26)19-9-7-18(8-10-19)17-5-3-2-4-6-17/h2-14,16,28H,15H2,1H3,(H,24,26)(H,25,27). The molecule has 0 saturated carbocycles. The van der Waals surface area contributed by atoms with E-state index in [1.165, 1.54) is 0 Å². The van der Waals surface area contributed by atoms with E-state index < -0.39 is 5.91 Å². The van der Waals surface area contributed by atoms with Crippen LogP contribution in [0.4, 0.5) is 0 Å². The van der Waals surface area contributed by atoms with E-state index in [4.69, 9.17) is 9.94 Å². The van der Waals surface area contributed by atoms with Crippen LogP contribution in [0.3, 0.4) is 0 Å². The van der Waals surface area contributed by atoms with Gasteiger partial charge < -0.3 is 10.1 Å². The highest BCUT2D eigenvalue weighted by atomic mass is 16.5. The molecular formula is C23H22N2O4. The molecule has 2 amide bonds. The lowest BCUT2D eigenvalue weighted by atomic mass is 10.0. The van der Waals surface area contributed by atoms with E-state index in [0.29, 0.717) is 23.4 Å². The maximum atomic E-state index is 12.4. The average molecular weight is 390 g/mol. The molecule has 3 aromatic carbocycles. The van der Waals surface area contributed by atoms with Crippen molar-refractivity contribution in [3.8, 4) is 16.9 Å². The largest absolute Gasteiger partial charge is 0.489 e. The minimum Gasteiger partial charge on any atom is -0.489 e. The lowest BCUT2D eigenvalue weighted by molar-refractivity contribution is 0.0706. The summed E-state index contributed by atoms with van der Waals surface area (Å²) in [6, 6.07) is 23.8. The molecule has 0 aliphatic carbocycles. The Kier molecular flexibility index (Phi) is 6.60. The maximum Gasteiger partial charge on any atom is 0.274 e. The zero-order valence-electron chi connectivity index (χ0n) is 16.0. The lowest BCUT2D eigenvalue weighted by Gasteiger charge is -2.16. The summed E-state index contributed by atoms with van der Waals surface area (Å²) in [5.41, 5.74) is 4.63. The molecule has 0 aliphatic heterocycles. The molecule has 0 saturated heterocycles. The Balaban J connectivity index is 1.51. The first kappa shape index (κ1) is 20.1. The summed E-state index contributed by atoms with van der Waals surface area (Å²) in [5.74, 6) is -0.196. The van der Waals surface area contributed by atoms with Crippen molar-refractivity contribution in [1.29, 1.82) is 0 Å². The monoisotopic (exact) mass is 390 g/mol. The van der Waals surface area contributed by atoms with Crippen molar-refractivity contribution in [3.63, 3.8) is 0 Å². The van der Waals surface area contributed by atoms with Gasteiger partial charge in [-0.15, -0.1) is 0 Å². The number of carbonyl (C=O) groups is 2. The molecule has 1 atom stereocenters. The first-order chi connectivity index (χ1) is 14.1. The first-order valence-corrected chi connectivity index (χ1v) is 9.21. The van der Waals surface area contributed by atoms with Crippen molar-refractivity contribution in [2.45, 2.75) is 13.0 Å². The van der Waals surface area contributed by atoms with Crippen molar-refractivity contribution in [3.05, 3.63) is 90.0 Å². The number of hydrogen-bond acceptors (Lipinski definition) is 4. The Bertz CT molecular complexity index is 954. The smallest absolute Gasteiger partial charge is 0.274 e. The van der Waals surface area contributed by atoms with Crippen molar-refractivity contribution >= 4 is 11.8 Å². The van der Waals surface area contributed by atoms with Crippen LogP contribution in [-0.2, 0) is 0 Å². The van der Waals surface area contributed by atoms with Crippen LogP contribution in [0.25, 0.3) is 11.1 Å². The number of carbonyl (C=O) groups excluding carboxylic acids is 2. The Morgan fingerprint density at radius 2 is 1.38 bits per heavy atom. The molecule has 3 rings (SSSR count). The zero-order valence-corrected chi connectivity index (χ0v) is 16.0. The third-order valence-electron chi connectivity index (χ3n) is 4.36. The van der Waals surface area contributed by atoms with Crippen molar-refractivity contribution in [1.82, 2.24) is 10.8 Å². The normalized spacial score (nSPS) is 11.4. The predicted octanol–water partition coefficient (Wildman–Crippen LogP) is 3.67. The molecule has 0 heterocycles. The van der Waals surface area contributed by atoms with Crippen LogP contribution < -0.4 is 15.5 Å². The van der Waals surface area contributed by atoms with Gasteiger partial charge in [0.15, 0.2) is 0 Å². The lowest BCUT2D eigenvalue weighted by Crippen LogP contribution is -2.33. The molecule has 0 aliphatic rings. The molecule has 29 heavy (non-hydrogen) atoms. The summed E-state index contributed by atoms with van der Waals surface area (Å²) in [5, 5.41) is 11.5. The summed E-state index contributed by atoms with van der Waals surface area (Å²) in [4.78, 5) is 23.7. The number of hydroxylamine groups is 1. The zero-order chi connectivity index (χ0) is 20.6. The SMILES string of the molecule is CC(CNC(=O)c1ccc(-c2ccccc2)cc1)Oc1ccc(C(=O)NO)cc1. The van der Waals surface area contributed by atoms with Gasteiger partial charge in [0.1, 0.15) is 11.9 Å². The van der Waals surface area contributed by atoms with E-state index in [-0.39, 0.29) is 12.0 Å². The van der Waals surface area contributed by atoms with Gasteiger partial charge in [-0.1, -0.05) is 42.5 Å². The van der Waals surface area contributed by atoms with Gasteiger partial charge in [-0.3, -0.25) is 14.8 Å². The van der Waals surface area contributed by atoms with Crippen LogP contribution in [0.5, 0.6) is 5.75 Å². The summed E-state index contributed by atoms with van der Waals surface area (Å²) < 4.78 is 5.74. The fourth-order valence-corrected chi connectivity index (χ4v) is 2.81. The van der Waals surface area contributed by atoms with Gasteiger partial charge in [-0.25, -0.2) is 5.48 Å². The summed E-state index contributed by atoms with van der Waals surface area (Å²) in [6.45, 7) is 2.17. The van der Waals surface area contributed by atoms with Gasteiger partial charge in [0.2, 0.25) is 0 Å². The average Bonchev–Trinajstić information content (AvgIpc) is 2.78. The number of nitrogens with one attached hydrogen (secondary N) is 2. The number of hydrogen-bond donors (Lipinski definition) is 3. The summed E-state index contributed by atoms with van der Waals surface area (Å²) >= 11 is 0. The fourth-order valence-electron chi connectivity index (χ4n) is 2.81.